The maximum absolute atomic E-state index is 13.0. The van der Waals surface area contributed by atoms with E-state index in [1.807, 2.05) is 34.5 Å². The molecular formula is C21H24Cl2N4O2S. The van der Waals surface area contributed by atoms with Crippen molar-refractivity contribution in [3.63, 3.8) is 0 Å². The fourth-order valence-electron chi connectivity index (χ4n) is 4.03. The molecule has 4 rings (SSSR count). The Morgan fingerprint density at radius 3 is 2.33 bits per heavy atom. The minimum atomic E-state index is -0.0876. The molecule has 2 aromatic rings. The largest absolute Gasteiger partial charge is 0.367 e. The topological polar surface area (TPSA) is 55.9 Å². The summed E-state index contributed by atoms with van der Waals surface area (Å²) in [7, 11) is 0. The molecule has 3 amide bonds. The highest BCUT2D eigenvalue weighted by molar-refractivity contribution is 7.14. The maximum atomic E-state index is 13.0. The van der Waals surface area contributed by atoms with Crippen LogP contribution in [0.3, 0.4) is 0 Å². The molecule has 0 saturated carbocycles. The van der Waals surface area contributed by atoms with Crippen LogP contribution in [-0.2, 0) is 4.79 Å². The molecule has 2 saturated heterocycles. The molecule has 1 aromatic carbocycles. The standard InChI is InChI=1S/C21H24Cl2N4O2S/c22-16-3-1-4-17(19(16)23)25-10-12-26(13-11-25)20(28)15-6-8-27(9-7-15)21(29)24-18-5-2-14-30-18/h1-5,14-15H,6-13H2,(H,24,29). The van der Waals surface area contributed by atoms with Crippen molar-refractivity contribution in [1.29, 1.82) is 0 Å². The first kappa shape index (κ1) is 21.3. The summed E-state index contributed by atoms with van der Waals surface area (Å²) in [5, 5.41) is 6.79. The smallest absolute Gasteiger partial charge is 0.322 e. The van der Waals surface area contributed by atoms with Gasteiger partial charge in [0.15, 0.2) is 0 Å². The first-order valence-electron chi connectivity index (χ1n) is 10.1. The predicted molar refractivity (Wildman–Crippen MR) is 123 cm³/mol. The predicted octanol–water partition coefficient (Wildman–Crippen LogP) is 4.65. The van der Waals surface area contributed by atoms with Crippen LogP contribution >= 0.6 is 34.5 Å². The summed E-state index contributed by atoms with van der Waals surface area (Å²) in [6.07, 6.45) is 1.41. The zero-order chi connectivity index (χ0) is 21.1. The van der Waals surface area contributed by atoms with Crippen LogP contribution in [0, 0.1) is 5.92 Å². The molecule has 3 heterocycles. The van der Waals surface area contributed by atoms with E-state index in [2.05, 4.69) is 10.2 Å². The third-order valence-electron chi connectivity index (χ3n) is 5.75. The minimum absolute atomic E-state index is 0.0166. The van der Waals surface area contributed by atoms with Crippen molar-refractivity contribution >= 4 is 57.2 Å². The second kappa shape index (κ2) is 9.45. The number of urea groups is 1. The van der Waals surface area contributed by atoms with Gasteiger partial charge >= 0.3 is 6.03 Å². The highest BCUT2D eigenvalue weighted by Gasteiger charge is 2.32. The number of piperidine rings is 1. The lowest BCUT2D eigenvalue weighted by atomic mass is 9.95. The molecular weight excluding hydrogens is 443 g/mol. The van der Waals surface area contributed by atoms with Crippen LogP contribution in [0.15, 0.2) is 35.7 Å². The molecule has 0 atom stereocenters. The second-order valence-electron chi connectivity index (χ2n) is 7.55. The van der Waals surface area contributed by atoms with Crippen LogP contribution in [0.2, 0.25) is 10.0 Å². The Labute approximate surface area is 190 Å². The lowest BCUT2D eigenvalue weighted by Crippen LogP contribution is -2.52. The first-order chi connectivity index (χ1) is 14.5. The fraction of sp³-hybridized carbons (Fsp3) is 0.429. The van der Waals surface area contributed by atoms with Gasteiger partial charge < -0.3 is 14.7 Å². The average molecular weight is 467 g/mol. The number of piperazine rings is 1. The summed E-state index contributed by atoms with van der Waals surface area (Å²) in [5.41, 5.74) is 0.918. The van der Waals surface area contributed by atoms with Gasteiger partial charge in [0, 0.05) is 45.2 Å². The monoisotopic (exact) mass is 466 g/mol. The van der Waals surface area contributed by atoms with Gasteiger partial charge in [-0.3, -0.25) is 10.1 Å². The number of likely N-dealkylation sites (tertiary alicyclic amines) is 1. The molecule has 0 spiro atoms. The van der Waals surface area contributed by atoms with Crippen LogP contribution < -0.4 is 10.2 Å². The quantitative estimate of drug-likeness (QED) is 0.715. The molecule has 0 aliphatic carbocycles. The van der Waals surface area contributed by atoms with Gasteiger partial charge in [0.05, 0.1) is 20.7 Å². The second-order valence-corrected chi connectivity index (χ2v) is 9.29. The number of hydrogen-bond donors (Lipinski definition) is 1. The Morgan fingerprint density at radius 1 is 0.933 bits per heavy atom. The van der Waals surface area contributed by atoms with Crippen LogP contribution in [-0.4, -0.2) is 61.0 Å². The average Bonchev–Trinajstić information content (AvgIpc) is 3.28. The van der Waals surface area contributed by atoms with E-state index in [9.17, 15) is 9.59 Å². The number of carbonyl (C=O) groups excluding carboxylic acids is 2. The summed E-state index contributed by atoms with van der Waals surface area (Å²) in [5.74, 6) is 0.183. The SMILES string of the molecule is O=C(Nc1cccs1)N1CCC(C(=O)N2CCN(c3cccc(Cl)c3Cl)CC2)CC1. The molecule has 0 unspecified atom stereocenters. The van der Waals surface area contributed by atoms with E-state index < -0.39 is 0 Å². The van der Waals surface area contributed by atoms with Gasteiger partial charge in [-0.15, -0.1) is 11.3 Å². The summed E-state index contributed by atoms with van der Waals surface area (Å²) in [4.78, 5) is 31.3. The molecule has 160 valence electrons. The highest BCUT2D eigenvalue weighted by Crippen LogP contribution is 2.33. The molecule has 6 nitrogen and oxygen atoms in total. The number of rotatable bonds is 3. The molecule has 0 radical (unpaired) electrons. The summed E-state index contributed by atoms with van der Waals surface area (Å²) in [6, 6.07) is 9.34. The van der Waals surface area contributed by atoms with E-state index in [4.69, 9.17) is 23.2 Å². The van der Waals surface area contributed by atoms with E-state index in [0.29, 0.717) is 49.1 Å². The highest BCUT2D eigenvalue weighted by atomic mass is 35.5. The van der Waals surface area contributed by atoms with Crippen molar-refractivity contribution in [2.75, 3.05) is 49.5 Å². The Balaban J connectivity index is 1.26. The number of hydrogen-bond acceptors (Lipinski definition) is 4. The molecule has 0 bridgehead atoms. The fourth-order valence-corrected chi connectivity index (χ4v) is 5.05. The lowest BCUT2D eigenvalue weighted by molar-refractivity contribution is -0.137. The van der Waals surface area contributed by atoms with Crippen LogP contribution in [0.1, 0.15) is 12.8 Å². The molecule has 2 aliphatic heterocycles. The zero-order valence-electron chi connectivity index (χ0n) is 16.5. The van der Waals surface area contributed by atoms with Crippen molar-refractivity contribution in [3.05, 3.63) is 45.8 Å². The van der Waals surface area contributed by atoms with Gasteiger partial charge in [-0.05, 0) is 42.5 Å². The van der Waals surface area contributed by atoms with Crippen molar-refractivity contribution < 1.29 is 9.59 Å². The third-order valence-corrected chi connectivity index (χ3v) is 7.34. The number of nitrogens with zero attached hydrogens (tertiary/aromatic N) is 3. The zero-order valence-corrected chi connectivity index (χ0v) is 18.8. The maximum Gasteiger partial charge on any atom is 0.322 e. The van der Waals surface area contributed by atoms with E-state index in [1.54, 1.807) is 11.0 Å². The van der Waals surface area contributed by atoms with Crippen LogP contribution in [0.4, 0.5) is 15.5 Å². The van der Waals surface area contributed by atoms with E-state index in [-0.39, 0.29) is 17.9 Å². The van der Waals surface area contributed by atoms with Gasteiger partial charge in [0.25, 0.3) is 0 Å². The first-order valence-corrected chi connectivity index (χ1v) is 11.7. The summed E-state index contributed by atoms with van der Waals surface area (Å²) >= 11 is 14.0. The molecule has 1 N–H and O–H groups in total. The van der Waals surface area contributed by atoms with Crippen molar-refractivity contribution in [3.8, 4) is 0 Å². The molecule has 2 fully saturated rings. The van der Waals surface area contributed by atoms with Crippen molar-refractivity contribution in [2.45, 2.75) is 12.8 Å². The lowest BCUT2D eigenvalue weighted by Gasteiger charge is -2.39. The molecule has 9 heteroatoms. The number of nitrogens with one attached hydrogen (secondary N) is 1. The Bertz CT molecular complexity index is 892. The Hall–Kier alpha value is -1.96. The number of thiophene rings is 1. The van der Waals surface area contributed by atoms with Gasteiger partial charge in [-0.25, -0.2) is 4.79 Å². The third kappa shape index (κ3) is 4.68. The Kier molecular flexibility index (Phi) is 6.71. The van der Waals surface area contributed by atoms with Crippen molar-refractivity contribution in [1.82, 2.24) is 9.80 Å². The normalized spacial score (nSPS) is 17.9. The van der Waals surface area contributed by atoms with Gasteiger partial charge in [-0.1, -0.05) is 29.3 Å². The van der Waals surface area contributed by atoms with Gasteiger partial charge in [-0.2, -0.15) is 0 Å². The minimum Gasteiger partial charge on any atom is -0.367 e. The van der Waals surface area contributed by atoms with E-state index in [0.717, 1.165) is 23.8 Å². The molecule has 1 aromatic heterocycles. The Morgan fingerprint density at radius 2 is 1.67 bits per heavy atom. The van der Waals surface area contributed by atoms with E-state index >= 15 is 0 Å². The summed E-state index contributed by atoms with van der Waals surface area (Å²) < 4.78 is 0. The number of halogens is 2. The van der Waals surface area contributed by atoms with E-state index in [1.165, 1.54) is 11.3 Å². The van der Waals surface area contributed by atoms with Crippen molar-refractivity contribution in [2.24, 2.45) is 5.92 Å². The van der Waals surface area contributed by atoms with Gasteiger partial charge in [0.1, 0.15) is 0 Å². The number of benzene rings is 1. The molecule has 2 aliphatic rings. The number of anilines is 2. The number of carbonyl (C=O) groups is 2. The van der Waals surface area contributed by atoms with Gasteiger partial charge in [0.2, 0.25) is 5.91 Å². The molecule has 30 heavy (non-hydrogen) atoms. The number of amides is 3. The van der Waals surface area contributed by atoms with Crippen LogP contribution in [0.25, 0.3) is 0 Å². The summed E-state index contributed by atoms with van der Waals surface area (Å²) in [6.45, 7) is 4.00. The van der Waals surface area contributed by atoms with Crippen LogP contribution in [0.5, 0.6) is 0 Å².